The predicted molar refractivity (Wildman–Crippen MR) is 81.5 cm³/mol. The van der Waals surface area contributed by atoms with Gasteiger partial charge in [0.05, 0.1) is 15.7 Å². The number of aromatic nitrogens is 2. The van der Waals surface area contributed by atoms with Crippen molar-refractivity contribution in [1.29, 1.82) is 0 Å². The highest BCUT2D eigenvalue weighted by Crippen LogP contribution is 2.39. The highest BCUT2D eigenvalue weighted by molar-refractivity contribution is 6.39. The molecule has 1 aliphatic rings. The first-order chi connectivity index (χ1) is 10.1. The summed E-state index contributed by atoms with van der Waals surface area (Å²) >= 11 is 12.0. The Bertz CT molecular complexity index is 667. The van der Waals surface area contributed by atoms with E-state index < -0.39 is 5.82 Å². The number of anilines is 3. The van der Waals surface area contributed by atoms with E-state index in [4.69, 9.17) is 29.0 Å². The molecule has 0 spiro atoms. The first-order valence-corrected chi connectivity index (χ1v) is 7.09. The molecule has 1 aromatic carbocycles. The fourth-order valence-electron chi connectivity index (χ4n) is 1.92. The minimum Gasteiger partial charge on any atom is -0.338 e. The third-order valence-electron chi connectivity index (χ3n) is 3.09. The average Bonchev–Trinajstić information content (AvgIpc) is 3.27. The molecule has 1 aromatic heterocycles. The lowest BCUT2D eigenvalue weighted by Gasteiger charge is -2.12. The number of nitrogens with one attached hydrogen (secondary N) is 2. The van der Waals surface area contributed by atoms with Crippen LogP contribution in [0.4, 0.5) is 21.7 Å². The lowest BCUT2D eigenvalue weighted by molar-refractivity contribution is 0.628. The second-order valence-corrected chi connectivity index (χ2v) is 5.60. The second-order valence-electron chi connectivity index (χ2n) is 4.78. The topological polar surface area (TPSA) is 75.9 Å². The Morgan fingerprint density at radius 3 is 2.29 bits per heavy atom. The molecule has 1 fully saturated rings. The van der Waals surface area contributed by atoms with E-state index in [0.29, 0.717) is 29.1 Å². The number of nitrogens with zero attached hydrogens (tertiary/aromatic N) is 2. The van der Waals surface area contributed by atoms with Gasteiger partial charge >= 0.3 is 0 Å². The van der Waals surface area contributed by atoms with E-state index in [1.165, 1.54) is 12.1 Å². The van der Waals surface area contributed by atoms with Gasteiger partial charge in [0.2, 0.25) is 0 Å². The SMILES string of the molecule is NNc1cc(Nc2c(Cl)cc(F)cc2Cl)nc(C2CC2)n1. The van der Waals surface area contributed by atoms with Gasteiger partial charge in [-0.2, -0.15) is 0 Å². The molecule has 8 heteroatoms. The molecule has 4 N–H and O–H groups in total. The molecule has 3 rings (SSSR count). The summed E-state index contributed by atoms with van der Waals surface area (Å²) in [7, 11) is 0. The fourth-order valence-corrected chi connectivity index (χ4v) is 2.47. The maximum Gasteiger partial charge on any atom is 0.145 e. The van der Waals surface area contributed by atoms with Gasteiger partial charge in [-0.3, -0.25) is 0 Å². The van der Waals surface area contributed by atoms with Crippen molar-refractivity contribution < 1.29 is 4.39 Å². The van der Waals surface area contributed by atoms with Gasteiger partial charge in [-0.25, -0.2) is 20.2 Å². The third-order valence-corrected chi connectivity index (χ3v) is 3.69. The van der Waals surface area contributed by atoms with E-state index in [9.17, 15) is 4.39 Å². The number of nitrogen functional groups attached to an aromatic ring is 1. The summed E-state index contributed by atoms with van der Waals surface area (Å²) in [6.07, 6.45) is 2.12. The Morgan fingerprint density at radius 2 is 1.71 bits per heavy atom. The van der Waals surface area contributed by atoms with E-state index >= 15 is 0 Å². The molecular weight excluding hydrogens is 316 g/mol. The smallest absolute Gasteiger partial charge is 0.145 e. The van der Waals surface area contributed by atoms with E-state index in [1.54, 1.807) is 6.07 Å². The van der Waals surface area contributed by atoms with Crippen LogP contribution in [0.1, 0.15) is 24.6 Å². The minimum atomic E-state index is -0.499. The van der Waals surface area contributed by atoms with Crippen LogP contribution in [0, 0.1) is 5.82 Å². The zero-order valence-electron chi connectivity index (χ0n) is 10.8. The van der Waals surface area contributed by atoms with E-state index in [1.807, 2.05) is 0 Å². The minimum absolute atomic E-state index is 0.175. The molecule has 0 unspecified atom stereocenters. The molecule has 1 aliphatic carbocycles. The van der Waals surface area contributed by atoms with Crippen molar-refractivity contribution in [3.63, 3.8) is 0 Å². The molecule has 0 aliphatic heterocycles. The molecule has 0 amide bonds. The van der Waals surface area contributed by atoms with Crippen molar-refractivity contribution in [2.24, 2.45) is 5.84 Å². The van der Waals surface area contributed by atoms with Gasteiger partial charge in [0, 0.05) is 12.0 Å². The number of rotatable bonds is 4. The lowest BCUT2D eigenvalue weighted by Crippen LogP contribution is -2.11. The van der Waals surface area contributed by atoms with Crippen LogP contribution in [0.3, 0.4) is 0 Å². The number of hydrogen-bond donors (Lipinski definition) is 3. The predicted octanol–water partition coefficient (Wildman–Crippen LogP) is 3.83. The second kappa shape index (κ2) is 5.63. The molecule has 5 nitrogen and oxygen atoms in total. The molecule has 21 heavy (non-hydrogen) atoms. The van der Waals surface area contributed by atoms with Gasteiger partial charge in [-0.15, -0.1) is 0 Å². The maximum absolute atomic E-state index is 13.2. The van der Waals surface area contributed by atoms with E-state index in [0.717, 1.165) is 12.8 Å². The molecule has 2 aromatic rings. The first kappa shape index (κ1) is 14.3. The van der Waals surface area contributed by atoms with Crippen molar-refractivity contribution in [2.45, 2.75) is 18.8 Å². The Labute approximate surface area is 130 Å². The summed E-state index contributed by atoms with van der Waals surface area (Å²) < 4.78 is 13.2. The number of halogens is 3. The molecule has 0 saturated heterocycles. The molecule has 110 valence electrons. The highest BCUT2D eigenvalue weighted by atomic mass is 35.5. The number of hydrogen-bond acceptors (Lipinski definition) is 5. The standard InChI is InChI=1S/C13H12Cl2FN5/c14-8-3-7(16)4-9(15)12(8)18-10-5-11(21-17)20-13(19-10)6-1-2-6/h3-6H,1-2,17H2,(H2,18,19,20,21). The van der Waals surface area contributed by atoms with E-state index in [-0.39, 0.29) is 10.0 Å². The van der Waals surface area contributed by atoms with Crippen LogP contribution in [0.15, 0.2) is 18.2 Å². The Morgan fingerprint density at radius 1 is 1.10 bits per heavy atom. The Balaban J connectivity index is 1.96. The quantitative estimate of drug-likeness (QED) is 0.587. The van der Waals surface area contributed by atoms with Crippen molar-refractivity contribution in [1.82, 2.24) is 9.97 Å². The van der Waals surface area contributed by atoms with Gasteiger partial charge in [-0.1, -0.05) is 23.2 Å². The molecule has 0 radical (unpaired) electrons. The van der Waals surface area contributed by atoms with Gasteiger partial charge < -0.3 is 10.7 Å². The van der Waals surface area contributed by atoms with Crippen LogP contribution < -0.4 is 16.6 Å². The molecule has 1 saturated carbocycles. The summed E-state index contributed by atoms with van der Waals surface area (Å²) in [4.78, 5) is 8.72. The van der Waals surface area contributed by atoms with E-state index in [2.05, 4.69) is 20.7 Å². The largest absolute Gasteiger partial charge is 0.338 e. The summed E-state index contributed by atoms with van der Waals surface area (Å²) in [5.74, 6) is 6.97. The van der Waals surface area contributed by atoms with Crippen LogP contribution in [0.25, 0.3) is 0 Å². The molecule has 0 atom stereocenters. The zero-order valence-corrected chi connectivity index (χ0v) is 12.3. The van der Waals surface area contributed by atoms with Crippen molar-refractivity contribution >= 4 is 40.5 Å². The lowest BCUT2D eigenvalue weighted by atomic mass is 10.3. The average molecular weight is 328 g/mol. The fraction of sp³-hybridized carbons (Fsp3) is 0.231. The first-order valence-electron chi connectivity index (χ1n) is 6.34. The van der Waals surface area contributed by atoms with Gasteiger partial charge in [0.25, 0.3) is 0 Å². The van der Waals surface area contributed by atoms with Gasteiger partial charge in [-0.05, 0) is 25.0 Å². The Kier molecular flexibility index (Phi) is 3.84. The van der Waals surface area contributed by atoms with Crippen molar-refractivity contribution in [3.05, 3.63) is 39.9 Å². The normalized spacial score (nSPS) is 14.1. The summed E-state index contributed by atoms with van der Waals surface area (Å²) in [6.45, 7) is 0. The van der Waals surface area contributed by atoms with Crippen LogP contribution in [-0.4, -0.2) is 9.97 Å². The van der Waals surface area contributed by atoms with Crippen LogP contribution >= 0.6 is 23.2 Å². The highest BCUT2D eigenvalue weighted by Gasteiger charge is 2.27. The van der Waals surface area contributed by atoms with Crippen molar-refractivity contribution in [3.8, 4) is 0 Å². The zero-order chi connectivity index (χ0) is 15.0. The van der Waals surface area contributed by atoms with Crippen LogP contribution in [0.2, 0.25) is 10.0 Å². The monoisotopic (exact) mass is 327 g/mol. The number of hydrazine groups is 1. The number of nitrogens with two attached hydrogens (primary N) is 1. The van der Waals surface area contributed by atoms with Gasteiger partial charge in [0.15, 0.2) is 0 Å². The summed E-state index contributed by atoms with van der Waals surface area (Å²) in [5, 5.41) is 3.34. The third kappa shape index (κ3) is 3.18. The van der Waals surface area contributed by atoms with Crippen molar-refractivity contribution in [2.75, 3.05) is 10.7 Å². The maximum atomic E-state index is 13.2. The number of benzene rings is 1. The molecule has 0 bridgehead atoms. The van der Waals surface area contributed by atoms with Crippen LogP contribution in [-0.2, 0) is 0 Å². The Hall–Kier alpha value is -1.63. The molecular formula is C13H12Cl2FN5. The molecule has 1 heterocycles. The van der Waals surface area contributed by atoms with Gasteiger partial charge in [0.1, 0.15) is 23.3 Å². The van der Waals surface area contributed by atoms with Crippen LogP contribution in [0.5, 0.6) is 0 Å². The summed E-state index contributed by atoms with van der Waals surface area (Å²) in [6, 6.07) is 3.99. The summed E-state index contributed by atoms with van der Waals surface area (Å²) in [5.41, 5.74) is 2.89.